The summed E-state index contributed by atoms with van der Waals surface area (Å²) in [4.78, 5) is 29.0. The number of carbonyl (C=O) groups excluding carboxylic acids is 1. The summed E-state index contributed by atoms with van der Waals surface area (Å²) in [7, 11) is 0. The zero-order chi connectivity index (χ0) is 18.7. The van der Waals surface area contributed by atoms with Crippen LogP contribution in [0.3, 0.4) is 0 Å². The zero-order valence-corrected chi connectivity index (χ0v) is 15.4. The van der Waals surface area contributed by atoms with Gasteiger partial charge in [0.25, 0.3) is 5.91 Å². The Kier molecular flexibility index (Phi) is 5.27. The highest BCUT2D eigenvalue weighted by molar-refractivity contribution is 5.79. The number of carbonyl (C=O) groups is 1. The standard InChI is InChI=1S/C19H24N4O3/c1-19(2,3)14-8-13(18(24)21-25)10-23(11-14)12-15-9-17(26-22-15)16-6-4-5-7-20-16/h4-7,9,13-14H,8,10-12H2,1-3H3. The summed E-state index contributed by atoms with van der Waals surface area (Å²) >= 11 is 0. The van der Waals surface area contributed by atoms with E-state index >= 15 is 0 Å². The third-order valence-electron chi connectivity index (χ3n) is 5.05. The summed E-state index contributed by atoms with van der Waals surface area (Å²) in [5, 5.41) is 6.79. The molecule has 0 radical (unpaired) electrons. The lowest BCUT2D eigenvalue weighted by Crippen LogP contribution is -2.46. The molecular formula is C19H24N4O3. The van der Waals surface area contributed by atoms with Crippen LogP contribution in [0.25, 0.3) is 11.5 Å². The molecule has 138 valence electrons. The van der Waals surface area contributed by atoms with E-state index in [-0.39, 0.29) is 11.3 Å². The molecule has 0 aliphatic carbocycles. The second-order valence-corrected chi connectivity index (χ2v) is 8.02. The van der Waals surface area contributed by atoms with E-state index in [0.29, 0.717) is 31.2 Å². The third-order valence-corrected chi connectivity index (χ3v) is 5.05. The van der Waals surface area contributed by atoms with Gasteiger partial charge >= 0.3 is 0 Å². The minimum Gasteiger partial charge on any atom is -0.354 e. The van der Waals surface area contributed by atoms with Crippen LogP contribution in [0, 0.1) is 22.2 Å². The molecule has 1 fully saturated rings. The van der Waals surface area contributed by atoms with Crippen LogP contribution < -0.4 is 0 Å². The van der Waals surface area contributed by atoms with Crippen molar-refractivity contribution < 1.29 is 9.32 Å². The highest BCUT2D eigenvalue weighted by Crippen LogP contribution is 2.36. The smallest absolute Gasteiger partial charge is 0.290 e. The summed E-state index contributed by atoms with van der Waals surface area (Å²) < 4.78 is 5.41. The lowest BCUT2D eigenvalue weighted by molar-refractivity contribution is -0.125. The van der Waals surface area contributed by atoms with Gasteiger partial charge in [0.2, 0.25) is 0 Å². The van der Waals surface area contributed by atoms with Crippen LogP contribution in [-0.2, 0) is 11.3 Å². The van der Waals surface area contributed by atoms with Crippen LogP contribution in [0.15, 0.2) is 40.2 Å². The Morgan fingerprint density at radius 2 is 2.15 bits per heavy atom. The second kappa shape index (κ2) is 7.45. The normalized spacial score (nSPS) is 21.5. The van der Waals surface area contributed by atoms with E-state index in [1.807, 2.05) is 24.3 Å². The molecule has 2 aromatic heterocycles. The minimum absolute atomic E-state index is 0.0447. The number of amides is 1. The molecule has 1 amide bonds. The van der Waals surface area contributed by atoms with E-state index in [2.05, 4.69) is 41.0 Å². The van der Waals surface area contributed by atoms with Crippen molar-refractivity contribution in [1.82, 2.24) is 15.0 Å². The molecule has 2 unspecified atom stereocenters. The third kappa shape index (κ3) is 4.22. The molecule has 1 aliphatic rings. The number of nitrogens with zero attached hydrogens (tertiary/aromatic N) is 4. The minimum atomic E-state index is -0.557. The van der Waals surface area contributed by atoms with Crippen LogP contribution in [0.2, 0.25) is 0 Å². The van der Waals surface area contributed by atoms with Gasteiger partial charge in [0, 0.05) is 37.1 Å². The maximum absolute atomic E-state index is 11.9. The Bertz CT molecular complexity index is 767. The molecule has 1 saturated heterocycles. The highest BCUT2D eigenvalue weighted by atomic mass is 16.5. The number of pyridine rings is 1. The monoisotopic (exact) mass is 356 g/mol. The first-order valence-electron chi connectivity index (χ1n) is 8.83. The fourth-order valence-corrected chi connectivity index (χ4v) is 3.45. The van der Waals surface area contributed by atoms with Crippen LogP contribution >= 0.6 is 0 Å². The summed E-state index contributed by atoms with van der Waals surface area (Å²) in [6, 6.07) is 7.48. The van der Waals surface area contributed by atoms with Crippen molar-refractivity contribution in [2.75, 3.05) is 13.1 Å². The van der Waals surface area contributed by atoms with E-state index in [4.69, 9.17) is 4.52 Å². The van der Waals surface area contributed by atoms with Gasteiger partial charge in [-0.15, -0.1) is 4.91 Å². The van der Waals surface area contributed by atoms with Gasteiger partial charge in [-0.3, -0.25) is 14.7 Å². The molecule has 2 atom stereocenters. The predicted molar refractivity (Wildman–Crippen MR) is 96.9 cm³/mol. The van der Waals surface area contributed by atoms with Gasteiger partial charge in [0.05, 0.1) is 11.6 Å². The van der Waals surface area contributed by atoms with Crippen molar-refractivity contribution in [3.05, 3.63) is 41.1 Å². The van der Waals surface area contributed by atoms with Crippen molar-refractivity contribution in [2.45, 2.75) is 33.7 Å². The van der Waals surface area contributed by atoms with Gasteiger partial charge in [-0.1, -0.05) is 32.0 Å². The summed E-state index contributed by atoms with van der Waals surface area (Å²) in [5.41, 5.74) is 1.56. The van der Waals surface area contributed by atoms with Crippen molar-refractivity contribution in [1.29, 1.82) is 0 Å². The molecule has 1 aliphatic heterocycles. The average molecular weight is 356 g/mol. The topological polar surface area (TPSA) is 88.7 Å². The Morgan fingerprint density at radius 1 is 1.35 bits per heavy atom. The molecule has 7 nitrogen and oxygen atoms in total. The molecular weight excluding hydrogens is 332 g/mol. The molecule has 3 heterocycles. The second-order valence-electron chi connectivity index (χ2n) is 8.02. The maximum atomic E-state index is 11.9. The van der Waals surface area contributed by atoms with E-state index in [1.54, 1.807) is 6.20 Å². The van der Waals surface area contributed by atoms with E-state index in [0.717, 1.165) is 17.9 Å². The van der Waals surface area contributed by atoms with Crippen LogP contribution in [0.4, 0.5) is 0 Å². The Hall–Kier alpha value is -2.41. The molecule has 0 spiro atoms. The number of hydrogen-bond donors (Lipinski definition) is 0. The summed E-state index contributed by atoms with van der Waals surface area (Å²) in [6.45, 7) is 8.40. The van der Waals surface area contributed by atoms with Crippen molar-refractivity contribution in [3.8, 4) is 11.5 Å². The highest BCUT2D eigenvalue weighted by Gasteiger charge is 2.37. The first-order valence-corrected chi connectivity index (χ1v) is 8.83. The molecule has 0 saturated carbocycles. The summed E-state index contributed by atoms with van der Waals surface area (Å²) in [6.07, 6.45) is 2.40. The SMILES string of the molecule is CC(C)(C)C1CC(C(=O)N=O)CN(Cc2cc(-c3ccccn3)on2)C1. The van der Waals surface area contributed by atoms with Crippen molar-refractivity contribution >= 4 is 5.91 Å². The fraction of sp³-hybridized carbons (Fsp3) is 0.526. The van der Waals surface area contributed by atoms with Crippen molar-refractivity contribution in [3.63, 3.8) is 0 Å². The number of piperidine rings is 1. The number of hydrogen-bond acceptors (Lipinski definition) is 6. The Balaban J connectivity index is 1.74. The van der Waals surface area contributed by atoms with E-state index in [9.17, 15) is 9.70 Å². The van der Waals surface area contributed by atoms with Crippen LogP contribution in [-0.4, -0.2) is 34.0 Å². The molecule has 3 rings (SSSR count). The average Bonchev–Trinajstić information content (AvgIpc) is 3.09. The van der Waals surface area contributed by atoms with Gasteiger partial charge in [-0.05, 0) is 29.9 Å². The van der Waals surface area contributed by atoms with Gasteiger partial charge in [0.1, 0.15) is 5.69 Å². The summed E-state index contributed by atoms with van der Waals surface area (Å²) in [5.74, 6) is 0.00666. The number of rotatable bonds is 4. The number of aromatic nitrogens is 2. The maximum Gasteiger partial charge on any atom is 0.290 e. The van der Waals surface area contributed by atoms with Gasteiger partial charge in [-0.25, -0.2) is 0 Å². The quantitative estimate of drug-likeness (QED) is 0.779. The number of likely N-dealkylation sites (tertiary alicyclic amines) is 1. The van der Waals surface area contributed by atoms with E-state index < -0.39 is 5.91 Å². The van der Waals surface area contributed by atoms with Crippen LogP contribution in [0.5, 0.6) is 0 Å². The van der Waals surface area contributed by atoms with Gasteiger partial charge < -0.3 is 4.52 Å². The largest absolute Gasteiger partial charge is 0.354 e. The molecule has 0 aromatic carbocycles. The lowest BCUT2D eigenvalue weighted by atomic mass is 9.73. The lowest BCUT2D eigenvalue weighted by Gasteiger charge is -2.42. The molecule has 7 heteroatoms. The van der Waals surface area contributed by atoms with E-state index in [1.165, 1.54) is 0 Å². The molecule has 26 heavy (non-hydrogen) atoms. The molecule has 2 aromatic rings. The first kappa shape index (κ1) is 18.4. The zero-order valence-electron chi connectivity index (χ0n) is 15.4. The predicted octanol–water partition coefficient (Wildman–Crippen LogP) is 3.51. The fourth-order valence-electron chi connectivity index (χ4n) is 3.45. The van der Waals surface area contributed by atoms with Crippen LogP contribution in [0.1, 0.15) is 32.9 Å². The van der Waals surface area contributed by atoms with Crippen molar-refractivity contribution in [2.24, 2.45) is 22.4 Å². The number of nitroso groups, excluding NO2 is 1. The first-order chi connectivity index (χ1) is 12.4. The Morgan fingerprint density at radius 3 is 2.81 bits per heavy atom. The van der Waals surface area contributed by atoms with Gasteiger partial charge in [0.15, 0.2) is 5.76 Å². The Labute approximate surface area is 152 Å². The molecule has 0 N–H and O–H groups in total. The van der Waals surface area contributed by atoms with Gasteiger partial charge in [-0.2, -0.15) is 0 Å². The molecule has 0 bridgehead atoms.